The highest BCUT2D eigenvalue weighted by Crippen LogP contribution is 2.29. The van der Waals surface area contributed by atoms with Crippen molar-refractivity contribution in [3.63, 3.8) is 0 Å². The molecule has 3 aromatic rings. The van der Waals surface area contributed by atoms with E-state index in [0.29, 0.717) is 34.5 Å². The number of rotatable bonds is 10. The maximum atomic E-state index is 13.6. The summed E-state index contributed by atoms with van der Waals surface area (Å²) in [7, 11) is 3.18. The Kier molecular flexibility index (Phi) is 8.17. The Morgan fingerprint density at radius 2 is 1.53 bits per heavy atom. The van der Waals surface area contributed by atoms with Gasteiger partial charge in [-0.1, -0.05) is 30.3 Å². The average molecular weight is 504 g/mol. The zero-order valence-electron chi connectivity index (χ0n) is 20.3. The van der Waals surface area contributed by atoms with E-state index in [1.54, 1.807) is 62.8 Å². The molecular weight excluding hydrogens is 474 g/mol. The lowest BCUT2D eigenvalue weighted by molar-refractivity contribution is -0.124. The van der Waals surface area contributed by atoms with E-state index in [0.717, 1.165) is 12.8 Å². The van der Waals surface area contributed by atoms with Gasteiger partial charge in [-0.25, -0.2) is 0 Å². The number of hydrogen-bond acceptors (Lipinski definition) is 5. The molecule has 1 heterocycles. The molecule has 1 N–H and O–H groups in total. The van der Waals surface area contributed by atoms with Gasteiger partial charge < -0.3 is 19.7 Å². The number of methoxy groups -OCH3 is 2. The van der Waals surface area contributed by atoms with E-state index < -0.39 is 6.04 Å². The molecule has 1 unspecified atom stereocenters. The molecule has 1 aliphatic heterocycles. The highest BCUT2D eigenvalue weighted by molar-refractivity contribution is 7.80. The van der Waals surface area contributed by atoms with Gasteiger partial charge in [-0.3, -0.25) is 14.5 Å². The van der Waals surface area contributed by atoms with Crippen LogP contribution in [0.25, 0.3) is 0 Å². The van der Waals surface area contributed by atoms with Crippen molar-refractivity contribution in [2.45, 2.75) is 25.3 Å². The predicted octanol–water partition coefficient (Wildman–Crippen LogP) is 4.67. The molecule has 0 radical (unpaired) electrons. The van der Waals surface area contributed by atoms with Gasteiger partial charge in [0.2, 0.25) is 5.91 Å². The summed E-state index contributed by atoms with van der Waals surface area (Å²) < 4.78 is 10.4. The number of aryl methyl sites for hydroxylation is 1. The van der Waals surface area contributed by atoms with Crippen LogP contribution >= 0.6 is 12.2 Å². The van der Waals surface area contributed by atoms with Crippen molar-refractivity contribution in [1.82, 2.24) is 4.90 Å². The van der Waals surface area contributed by atoms with Crippen LogP contribution in [0.4, 0.5) is 11.4 Å². The Morgan fingerprint density at radius 3 is 2.14 bits per heavy atom. The number of carbonyl (C=O) groups excluding carboxylic acids is 2. The lowest BCUT2D eigenvalue weighted by Gasteiger charge is -2.24. The van der Waals surface area contributed by atoms with Crippen molar-refractivity contribution >= 4 is 40.5 Å². The largest absolute Gasteiger partial charge is 0.497 e. The molecule has 36 heavy (non-hydrogen) atoms. The Bertz CT molecular complexity index is 1200. The minimum atomic E-state index is -0.686. The third-order valence-corrected chi connectivity index (χ3v) is 6.53. The van der Waals surface area contributed by atoms with E-state index in [-0.39, 0.29) is 18.2 Å². The lowest BCUT2D eigenvalue weighted by atomic mass is 10.1. The minimum Gasteiger partial charge on any atom is -0.497 e. The zero-order valence-corrected chi connectivity index (χ0v) is 21.2. The van der Waals surface area contributed by atoms with Gasteiger partial charge in [0.1, 0.15) is 17.5 Å². The summed E-state index contributed by atoms with van der Waals surface area (Å²) in [4.78, 5) is 29.9. The van der Waals surface area contributed by atoms with Crippen LogP contribution in [0.15, 0.2) is 78.9 Å². The van der Waals surface area contributed by atoms with Crippen LogP contribution in [0.2, 0.25) is 0 Å². The number of carbonyl (C=O) groups is 2. The van der Waals surface area contributed by atoms with Crippen LogP contribution in [0.1, 0.15) is 18.4 Å². The SMILES string of the molecule is COc1ccc(NC(=O)CC2C(=O)N(c3ccc(OC)cc3)C(=S)N2CCCc2ccccc2)cc1. The summed E-state index contributed by atoms with van der Waals surface area (Å²) in [6.07, 6.45) is 1.63. The van der Waals surface area contributed by atoms with Gasteiger partial charge in [0.15, 0.2) is 5.11 Å². The van der Waals surface area contributed by atoms with Gasteiger partial charge >= 0.3 is 0 Å². The number of anilines is 2. The molecule has 0 aliphatic carbocycles. The van der Waals surface area contributed by atoms with Crippen LogP contribution in [-0.4, -0.2) is 48.6 Å². The number of nitrogens with zero attached hydrogens (tertiary/aromatic N) is 2. The Labute approximate surface area is 216 Å². The maximum absolute atomic E-state index is 13.6. The topological polar surface area (TPSA) is 71.1 Å². The summed E-state index contributed by atoms with van der Waals surface area (Å²) in [5.41, 5.74) is 2.50. The standard InChI is InChI=1S/C28H29N3O4S/c1-34-23-14-10-21(11-15-23)29-26(32)19-25-27(33)31(22-12-16-24(35-2)17-13-22)28(36)30(25)18-6-9-20-7-4-3-5-8-20/h3-5,7-8,10-17,25H,6,9,18-19H2,1-2H3,(H,29,32). The molecule has 4 rings (SSSR count). The summed E-state index contributed by atoms with van der Waals surface area (Å²) >= 11 is 5.75. The van der Waals surface area contributed by atoms with Crippen molar-refractivity contribution in [1.29, 1.82) is 0 Å². The molecule has 1 fully saturated rings. The van der Waals surface area contributed by atoms with E-state index >= 15 is 0 Å². The second-order valence-electron chi connectivity index (χ2n) is 8.43. The molecule has 1 aliphatic rings. The molecule has 0 saturated carbocycles. The molecule has 2 amide bonds. The Balaban J connectivity index is 1.50. The smallest absolute Gasteiger partial charge is 0.256 e. The summed E-state index contributed by atoms with van der Waals surface area (Å²) in [5, 5.41) is 3.28. The number of benzene rings is 3. The van der Waals surface area contributed by atoms with Crippen LogP contribution < -0.4 is 19.7 Å². The van der Waals surface area contributed by atoms with Gasteiger partial charge in [0.05, 0.1) is 26.3 Å². The summed E-state index contributed by atoms with van der Waals surface area (Å²) in [6, 6.07) is 23.7. The van der Waals surface area contributed by atoms with Gasteiger partial charge in [0, 0.05) is 12.2 Å². The highest BCUT2D eigenvalue weighted by atomic mass is 32.1. The van der Waals surface area contributed by atoms with Crippen LogP contribution in [-0.2, 0) is 16.0 Å². The number of ether oxygens (including phenoxy) is 2. The number of hydrogen-bond donors (Lipinski definition) is 1. The first kappa shape index (κ1) is 25.2. The van der Waals surface area contributed by atoms with E-state index in [1.807, 2.05) is 23.1 Å². The maximum Gasteiger partial charge on any atom is 0.256 e. The molecule has 186 valence electrons. The van der Waals surface area contributed by atoms with E-state index in [4.69, 9.17) is 21.7 Å². The quantitative estimate of drug-likeness (QED) is 0.406. The molecule has 7 nitrogen and oxygen atoms in total. The molecular formula is C28H29N3O4S. The first-order valence-electron chi connectivity index (χ1n) is 11.8. The van der Waals surface area contributed by atoms with Crippen LogP contribution in [0.3, 0.4) is 0 Å². The van der Waals surface area contributed by atoms with E-state index in [1.165, 1.54) is 10.5 Å². The number of amides is 2. The van der Waals surface area contributed by atoms with Crippen molar-refractivity contribution < 1.29 is 19.1 Å². The molecule has 8 heteroatoms. The highest BCUT2D eigenvalue weighted by Gasteiger charge is 2.43. The minimum absolute atomic E-state index is 0.0109. The Morgan fingerprint density at radius 1 is 0.917 bits per heavy atom. The average Bonchev–Trinajstić information content (AvgIpc) is 3.13. The molecule has 1 saturated heterocycles. The number of thiocarbonyl (C=S) groups is 1. The van der Waals surface area contributed by atoms with Gasteiger partial charge in [-0.05, 0) is 79.2 Å². The molecule has 0 aromatic heterocycles. The van der Waals surface area contributed by atoms with Crippen LogP contribution in [0.5, 0.6) is 11.5 Å². The van der Waals surface area contributed by atoms with Crippen molar-refractivity contribution in [2.75, 3.05) is 31.0 Å². The number of nitrogens with one attached hydrogen (secondary N) is 1. The fourth-order valence-corrected chi connectivity index (χ4v) is 4.63. The van der Waals surface area contributed by atoms with E-state index in [2.05, 4.69) is 17.4 Å². The first-order valence-corrected chi connectivity index (χ1v) is 12.2. The first-order chi connectivity index (χ1) is 17.5. The molecule has 1 atom stereocenters. The Hall–Kier alpha value is -3.91. The summed E-state index contributed by atoms with van der Waals surface area (Å²) in [5.74, 6) is 0.913. The van der Waals surface area contributed by atoms with Crippen molar-refractivity contribution in [3.8, 4) is 11.5 Å². The summed E-state index contributed by atoms with van der Waals surface area (Å²) in [6.45, 7) is 0.562. The monoisotopic (exact) mass is 503 g/mol. The lowest BCUT2D eigenvalue weighted by Crippen LogP contribution is -2.38. The van der Waals surface area contributed by atoms with Gasteiger partial charge in [-0.2, -0.15) is 0 Å². The second kappa shape index (κ2) is 11.7. The molecule has 0 bridgehead atoms. The van der Waals surface area contributed by atoms with Crippen LogP contribution in [0, 0.1) is 0 Å². The third-order valence-electron chi connectivity index (χ3n) is 6.11. The fourth-order valence-electron chi connectivity index (χ4n) is 4.22. The molecule has 3 aromatic carbocycles. The second-order valence-corrected chi connectivity index (χ2v) is 8.80. The predicted molar refractivity (Wildman–Crippen MR) is 145 cm³/mol. The normalized spacial score (nSPS) is 15.2. The fraction of sp³-hybridized carbons (Fsp3) is 0.250. The van der Waals surface area contributed by atoms with E-state index in [9.17, 15) is 9.59 Å². The van der Waals surface area contributed by atoms with Gasteiger partial charge in [-0.15, -0.1) is 0 Å². The molecule has 0 spiro atoms. The van der Waals surface area contributed by atoms with Crippen molar-refractivity contribution in [3.05, 3.63) is 84.4 Å². The van der Waals surface area contributed by atoms with Gasteiger partial charge in [0.25, 0.3) is 5.91 Å². The third kappa shape index (κ3) is 5.83. The van der Waals surface area contributed by atoms with Crippen molar-refractivity contribution in [2.24, 2.45) is 0 Å². The zero-order chi connectivity index (χ0) is 25.5.